The van der Waals surface area contributed by atoms with Gasteiger partial charge in [0.15, 0.2) is 27.5 Å². The van der Waals surface area contributed by atoms with Crippen molar-refractivity contribution >= 4 is 71.5 Å². The minimum absolute atomic E-state index is 0.00830. The maximum atomic E-state index is 13.6. The molecule has 10 aromatic rings. The molecule has 32 heteroatoms. The predicted octanol–water partition coefficient (Wildman–Crippen LogP) is 15.3. The smallest absolute Gasteiger partial charge is 0.330 e. The van der Waals surface area contributed by atoms with Gasteiger partial charge in [0.05, 0.1) is 68.1 Å². The van der Waals surface area contributed by atoms with Gasteiger partial charge in [-0.15, -0.1) is 0 Å². The van der Waals surface area contributed by atoms with Gasteiger partial charge >= 0.3 is 11.4 Å². The number of aryl methyl sites for hydroxylation is 1. The Morgan fingerprint density at radius 3 is 1.11 bits per heavy atom. The van der Waals surface area contributed by atoms with E-state index in [2.05, 4.69) is 19.3 Å². The molecular formula is C93H106N6O20P2S4. The van der Waals surface area contributed by atoms with Crippen LogP contribution in [0, 0.1) is 6.92 Å². The third kappa shape index (κ3) is 23.7. The first-order valence-electron chi connectivity index (χ1n) is 41.4. The highest BCUT2D eigenvalue weighted by molar-refractivity contribution is 8.54. The number of carbonyl (C=O) groups excluding carboxylic acids is 2. The van der Waals surface area contributed by atoms with E-state index in [4.69, 9.17) is 65.9 Å². The van der Waals surface area contributed by atoms with Crippen molar-refractivity contribution in [2.75, 3.05) is 131 Å². The molecule has 26 nitrogen and oxygen atoms in total. The fourth-order valence-corrected chi connectivity index (χ4v) is 26.0. The van der Waals surface area contributed by atoms with E-state index < -0.39 is 97.8 Å². The van der Waals surface area contributed by atoms with Crippen LogP contribution in [0.2, 0.25) is 0 Å². The molecule has 2 aromatic heterocycles. The van der Waals surface area contributed by atoms with Gasteiger partial charge in [-0.1, -0.05) is 216 Å². The molecule has 662 valence electrons. The maximum Gasteiger partial charge on any atom is 0.330 e. The molecule has 4 aliphatic heterocycles. The number of ether oxygens (including phenoxy) is 12. The number of H-pyrrole nitrogens is 2. The average Bonchev–Trinajstić information content (AvgIpc) is 1.66. The fraction of sp³-hybridized carbons (Fsp3) is 0.376. The summed E-state index contributed by atoms with van der Waals surface area (Å²) in [6, 6.07) is 71.0. The zero-order valence-corrected chi connectivity index (χ0v) is 75.9. The molecular weight excluding hydrogens is 1710 g/mol. The van der Waals surface area contributed by atoms with Gasteiger partial charge in [0.2, 0.25) is 10.2 Å². The Hall–Kier alpha value is -8.56. The predicted molar refractivity (Wildman–Crippen MR) is 492 cm³/mol. The van der Waals surface area contributed by atoms with E-state index in [1.807, 2.05) is 218 Å². The van der Waals surface area contributed by atoms with Crippen LogP contribution in [0.5, 0.6) is 23.0 Å². The van der Waals surface area contributed by atoms with Gasteiger partial charge in [0.1, 0.15) is 70.8 Å². The van der Waals surface area contributed by atoms with Crippen LogP contribution in [-0.2, 0) is 58.1 Å². The monoisotopic (exact) mass is 1820 g/mol. The molecule has 14 rings (SSSR count). The fourth-order valence-electron chi connectivity index (χ4n) is 15.4. The summed E-state index contributed by atoms with van der Waals surface area (Å²) in [5.41, 5.74) is 2.11. The quantitative estimate of drug-likeness (QED) is 0.0204. The topological polar surface area (TPSA) is 280 Å². The van der Waals surface area contributed by atoms with Crippen molar-refractivity contribution in [3.63, 3.8) is 0 Å². The maximum absolute atomic E-state index is 13.6. The van der Waals surface area contributed by atoms with Crippen LogP contribution in [-0.4, -0.2) is 207 Å². The molecule has 0 amide bonds. The molecule has 4 aliphatic rings. The van der Waals surface area contributed by atoms with Crippen LogP contribution in [0.15, 0.2) is 256 Å². The number of thioether (sulfide) groups is 2. The zero-order valence-electron chi connectivity index (χ0n) is 70.8. The number of nitrogens with zero attached hydrogens (tertiary/aromatic N) is 4. The molecule has 4 saturated heterocycles. The first kappa shape index (κ1) is 94.1. The van der Waals surface area contributed by atoms with Crippen molar-refractivity contribution in [2.24, 2.45) is 0 Å². The molecule has 0 bridgehead atoms. The molecule has 10 atom stereocenters. The number of benzene rings is 8. The number of rotatable bonds is 42. The molecule has 0 aliphatic carbocycles. The van der Waals surface area contributed by atoms with E-state index in [9.17, 15) is 28.8 Å². The largest absolute Gasteiger partial charge is 0.497 e. The highest BCUT2D eigenvalue weighted by Crippen LogP contribution is 2.60. The highest BCUT2D eigenvalue weighted by atomic mass is 32.7. The summed E-state index contributed by atoms with van der Waals surface area (Å²) in [5.74, 6) is 5.27. The van der Waals surface area contributed by atoms with Crippen molar-refractivity contribution in [3.05, 3.63) is 329 Å². The molecule has 8 aromatic carbocycles. The Bertz CT molecular complexity index is 5170. The number of aromatic nitrogens is 4. The Morgan fingerprint density at radius 1 is 0.416 bits per heavy atom. The number of hydrogen-bond donors (Lipinski definition) is 2. The van der Waals surface area contributed by atoms with Crippen molar-refractivity contribution in [3.8, 4) is 23.0 Å². The number of carbonyl (C=O) groups is 2. The van der Waals surface area contributed by atoms with Crippen LogP contribution in [0.1, 0.15) is 97.8 Å². The molecule has 0 radical (unpaired) electrons. The van der Waals surface area contributed by atoms with Gasteiger partial charge < -0.3 is 65.9 Å². The lowest BCUT2D eigenvalue weighted by Crippen LogP contribution is -2.42. The lowest BCUT2D eigenvalue weighted by molar-refractivity contribution is -0.0990. The standard InChI is InChI=1S/C47H54N3O10PS2.C46H52N3O10PS2/c1-33-31-50(46(53)48-43(33)51)44-42(57-28-27-54-2)41(60-61(49-25-11-12-26-49)63-30-29-62-45(52)34-13-7-5-8-14-34)40(59-44)32-58-47(35-15-9-6-10-16-35,36-17-21-38(55-3)22-18-36)37-19-23-39(56-4)24-20-37;1-53-28-29-56-42-41(59-60(48-25-10-11-26-48)62-31-30-61-44(51)33-12-6-4-7-13-33)39(58-43(42)49-27-24-40(50)47-45(49)52)32-57-46(34-14-8-5-9-15-34,35-16-20-37(54-2)21-17-35)36-18-22-38(55-3)23-19-36/h5-10,13-24,31,40-42,44H,11-12,25-30,32H2,1-4H3,(H,48,51,53);4-9,12-24,27,39,41-43H,10-11,25-26,28-32H2,1-3H3,(H,47,50,52)/t40-,41+,42?,44-,61?;39-,41+,42?,43-,60?/m11/s1. The Kier molecular flexibility index (Phi) is 35.3. The van der Waals surface area contributed by atoms with Gasteiger partial charge in [0.25, 0.3) is 11.1 Å². The van der Waals surface area contributed by atoms with E-state index in [0.29, 0.717) is 62.7 Å². The molecule has 125 heavy (non-hydrogen) atoms. The van der Waals surface area contributed by atoms with Gasteiger partial charge in [-0.25, -0.2) is 9.59 Å². The van der Waals surface area contributed by atoms with Crippen LogP contribution >= 0.6 is 61.3 Å². The van der Waals surface area contributed by atoms with Crippen molar-refractivity contribution in [1.29, 1.82) is 0 Å². The first-order chi connectivity index (χ1) is 61.1. The molecule has 0 saturated carbocycles. The van der Waals surface area contributed by atoms with Gasteiger partial charge in [-0.2, -0.15) is 0 Å². The molecule has 4 unspecified atom stereocenters. The second kappa shape index (κ2) is 47.0. The lowest BCUT2D eigenvalue weighted by Gasteiger charge is -2.38. The number of nitrogens with one attached hydrogen (secondary N) is 2. The van der Waals surface area contributed by atoms with E-state index in [0.717, 1.165) is 85.2 Å². The summed E-state index contributed by atoms with van der Waals surface area (Å²) < 4.78 is 96.8. The second-order valence-corrected chi connectivity index (χ2v) is 38.9. The summed E-state index contributed by atoms with van der Waals surface area (Å²) >= 11 is 5.94. The summed E-state index contributed by atoms with van der Waals surface area (Å²) in [4.78, 5) is 82.8. The summed E-state index contributed by atoms with van der Waals surface area (Å²) in [5, 5.41) is 0.0474. The second-order valence-electron chi connectivity index (χ2n) is 29.5. The van der Waals surface area contributed by atoms with E-state index in [1.165, 1.54) is 51.1 Å². The number of methoxy groups -OCH3 is 6. The molecule has 2 N–H and O–H groups in total. The average molecular weight is 1820 g/mol. The zero-order chi connectivity index (χ0) is 87.5. The van der Waals surface area contributed by atoms with Gasteiger partial charge in [-0.05, 0) is 115 Å². The first-order valence-corrected chi connectivity index (χ1v) is 48.9. The summed E-state index contributed by atoms with van der Waals surface area (Å²) in [6.07, 6.45) is 0.306. The molecule has 0 spiro atoms. The Morgan fingerprint density at radius 2 is 0.760 bits per heavy atom. The minimum Gasteiger partial charge on any atom is -0.497 e. The van der Waals surface area contributed by atoms with Crippen LogP contribution < -0.4 is 41.4 Å². The van der Waals surface area contributed by atoms with E-state index in [1.54, 1.807) is 72.3 Å². The molecule has 4 fully saturated rings. The SMILES string of the molecule is COCCOC1[C@@H](OP(SCCSC(=O)c2ccccc2)N2CCCC2)[C@@H](COC(c2ccccc2)(c2ccc(OC)cc2)c2ccc(OC)cc2)O[C@H]1n1cc(C)c(=O)[nH]c1=O.COCCOC1[C@@H](OP(SCCSC(=O)c2ccccc2)N2CCCC2)[C@@H](COC(c2ccccc2)(c2ccc(OC)cc2)c2ccc(OC)cc2)O[C@H]1n1ccc(=O)[nH]c1=O. The van der Waals surface area contributed by atoms with Crippen LogP contribution in [0.4, 0.5) is 0 Å². The van der Waals surface area contributed by atoms with Crippen molar-refractivity contribution in [1.82, 2.24) is 28.4 Å². The Labute approximate surface area is 746 Å². The van der Waals surface area contributed by atoms with E-state index >= 15 is 0 Å². The number of aromatic amines is 2. The lowest BCUT2D eigenvalue weighted by atomic mass is 9.80. The van der Waals surface area contributed by atoms with Crippen molar-refractivity contribution in [2.45, 2.75) is 92.9 Å². The van der Waals surface area contributed by atoms with Crippen LogP contribution in [0.3, 0.4) is 0 Å². The van der Waals surface area contributed by atoms with Gasteiger partial charge in [0, 0.05) is 98.6 Å². The van der Waals surface area contributed by atoms with Crippen LogP contribution in [0.25, 0.3) is 0 Å². The van der Waals surface area contributed by atoms with Gasteiger partial charge in [-0.3, -0.25) is 47.6 Å². The highest BCUT2D eigenvalue weighted by Gasteiger charge is 2.54. The van der Waals surface area contributed by atoms with E-state index in [-0.39, 0.29) is 49.9 Å². The Balaban J connectivity index is 0.000000215. The number of hydrogen-bond acceptors (Lipinski definition) is 26. The summed E-state index contributed by atoms with van der Waals surface area (Å²) in [6.45, 7) is 5.98. The third-order valence-electron chi connectivity index (χ3n) is 21.7. The summed E-state index contributed by atoms with van der Waals surface area (Å²) in [7, 11) is 7.09. The third-order valence-corrected chi connectivity index (χ3v) is 32.1. The minimum atomic E-state index is -1.31. The molecule has 6 heterocycles. The normalized spacial score (nSPS) is 19.6. The van der Waals surface area contributed by atoms with Crippen molar-refractivity contribution < 1.29 is 75.5 Å².